The Morgan fingerprint density at radius 1 is 1.31 bits per heavy atom. The van der Waals surface area contributed by atoms with Gasteiger partial charge in [-0.1, -0.05) is 0 Å². The Labute approximate surface area is 86.0 Å². The van der Waals surface area contributed by atoms with E-state index in [9.17, 15) is 8.42 Å². The number of rotatable bonds is 1. The molecule has 0 aliphatic heterocycles. The van der Waals surface area contributed by atoms with Crippen LogP contribution >= 0.6 is 22.0 Å². The van der Waals surface area contributed by atoms with Crippen molar-refractivity contribution in [3.8, 4) is 0 Å². The number of halogens is 1. The largest absolute Gasteiger partial charge is 0.262 e. The fourth-order valence-electron chi connectivity index (χ4n) is 1.67. The van der Waals surface area contributed by atoms with Gasteiger partial charge in [-0.3, -0.25) is 0 Å². The third-order valence-electron chi connectivity index (χ3n) is 2.29. The van der Waals surface area contributed by atoms with Crippen molar-refractivity contribution in [2.75, 3.05) is 0 Å². The lowest BCUT2D eigenvalue weighted by atomic mass is 10.00. The van der Waals surface area contributed by atoms with Crippen LogP contribution in [0, 0.1) is 0 Å². The molecular weight excluding hydrogens is 228 g/mol. The van der Waals surface area contributed by atoms with E-state index >= 15 is 0 Å². The molecule has 1 heterocycles. The van der Waals surface area contributed by atoms with Gasteiger partial charge in [0.15, 0.2) is 0 Å². The lowest BCUT2D eigenvalue weighted by Gasteiger charge is -2.10. The molecule has 0 saturated carbocycles. The molecule has 0 amide bonds. The van der Waals surface area contributed by atoms with Gasteiger partial charge in [-0.25, -0.2) is 8.42 Å². The van der Waals surface area contributed by atoms with Crippen molar-refractivity contribution < 1.29 is 8.42 Å². The number of hydrogen-bond donors (Lipinski definition) is 0. The van der Waals surface area contributed by atoms with Crippen molar-refractivity contribution in [3.05, 3.63) is 15.8 Å². The van der Waals surface area contributed by atoms with Gasteiger partial charge in [0.25, 0.3) is 9.05 Å². The molecule has 13 heavy (non-hydrogen) atoms. The zero-order chi connectivity index (χ0) is 9.47. The van der Waals surface area contributed by atoms with Crippen molar-refractivity contribution in [1.82, 2.24) is 0 Å². The molecule has 0 unspecified atom stereocenters. The summed E-state index contributed by atoms with van der Waals surface area (Å²) in [6.45, 7) is 0. The molecule has 0 atom stereocenters. The molecule has 1 aliphatic rings. The summed E-state index contributed by atoms with van der Waals surface area (Å²) in [5.41, 5.74) is 0.964. The molecule has 2 nitrogen and oxygen atoms in total. The minimum absolute atomic E-state index is 0.342. The van der Waals surface area contributed by atoms with E-state index in [-0.39, 0.29) is 0 Å². The number of aryl methyl sites for hydroxylation is 1. The Bertz CT molecular complexity index is 419. The molecule has 0 fully saturated rings. The second kappa shape index (κ2) is 3.26. The molecule has 0 radical (unpaired) electrons. The second-order valence-corrected chi connectivity index (χ2v) is 6.65. The first-order valence-electron chi connectivity index (χ1n) is 4.13. The molecule has 2 rings (SSSR count). The molecule has 0 bridgehead atoms. The van der Waals surface area contributed by atoms with Crippen molar-refractivity contribution in [2.45, 2.75) is 30.6 Å². The highest BCUT2D eigenvalue weighted by molar-refractivity contribution is 8.13. The van der Waals surface area contributed by atoms with Crippen LogP contribution in [0.5, 0.6) is 0 Å². The summed E-state index contributed by atoms with van der Waals surface area (Å²) in [5.74, 6) is 0. The van der Waals surface area contributed by atoms with Crippen molar-refractivity contribution in [2.24, 2.45) is 0 Å². The Morgan fingerprint density at radius 2 is 2.00 bits per heavy atom. The lowest BCUT2D eigenvalue weighted by molar-refractivity contribution is 0.606. The maximum absolute atomic E-state index is 11.1. The minimum Gasteiger partial charge on any atom is -0.207 e. The van der Waals surface area contributed by atoms with Gasteiger partial charge >= 0.3 is 0 Å². The van der Waals surface area contributed by atoms with Gasteiger partial charge in [0, 0.05) is 20.9 Å². The van der Waals surface area contributed by atoms with Crippen LogP contribution in [0.4, 0.5) is 0 Å². The van der Waals surface area contributed by atoms with Crippen LogP contribution in [-0.2, 0) is 21.9 Å². The zero-order valence-corrected chi connectivity index (χ0v) is 9.31. The summed E-state index contributed by atoms with van der Waals surface area (Å²) in [4.78, 5) is 1.54. The summed E-state index contributed by atoms with van der Waals surface area (Å²) in [5, 5.41) is 1.66. The van der Waals surface area contributed by atoms with Crippen LogP contribution in [-0.4, -0.2) is 8.42 Å². The summed E-state index contributed by atoms with van der Waals surface area (Å²) in [6, 6.07) is 0. The van der Waals surface area contributed by atoms with Gasteiger partial charge in [0.05, 0.1) is 4.90 Å². The number of hydrogen-bond acceptors (Lipinski definition) is 3. The first-order chi connectivity index (χ1) is 6.09. The topological polar surface area (TPSA) is 34.1 Å². The third kappa shape index (κ3) is 1.75. The highest BCUT2D eigenvalue weighted by Crippen LogP contribution is 2.34. The van der Waals surface area contributed by atoms with E-state index in [0.717, 1.165) is 31.2 Å². The fourth-order valence-corrected chi connectivity index (χ4v) is 4.47. The van der Waals surface area contributed by atoms with E-state index in [1.807, 2.05) is 0 Å². The Kier molecular flexibility index (Phi) is 2.38. The van der Waals surface area contributed by atoms with Gasteiger partial charge in [-0.15, -0.1) is 11.3 Å². The first-order valence-corrected chi connectivity index (χ1v) is 7.32. The van der Waals surface area contributed by atoms with Crippen LogP contribution in [0.25, 0.3) is 0 Å². The standard InChI is InChI=1S/C8H9ClO2S2/c9-13(10,11)8-5-12-7-4-2-1-3-6(7)8/h5H,1-4H2. The summed E-state index contributed by atoms with van der Waals surface area (Å²) in [7, 11) is 1.80. The summed E-state index contributed by atoms with van der Waals surface area (Å²) < 4.78 is 22.3. The number of fused-ring (bicyclic) bond motifs is 1. The first kappa shape index (κ1) is 9.49. The van der Waals surface area contributed by atoms with E-state index in [0.29, 0.717) is 4.90 Å². The molecule has 1 aromatic heterocycles. The molecule has 0 spiro atoms. The SMILES string of the molecule is O=S(=O)(Cl)c1csc2c1CCCC2. The molecule has 72 valence electrons. The Hall–Kier alpha value is -0.0600. The average Bonchev–Trinajstić information content (AvgIpc) is 2.45. The fraction of sp³-hybridized carbons (Fsp3) is 0.500. The molecule has 0 saturated heterocycles. The minimum atomic E-state index is -3.52. The normalized spacial score (nSPS) is 17.0. The van der Waals surface area contributed by atoms with Crippen molar-refractivity contribution >= 4 is 31.1 Å². The molecule has 0 N–H and O–H groups in total. The molecule has 0 aromatic carbocycles. The maximum atomic E-state index is 11.1. The number of thiophene rings is 1. The second-order valence-electron chi connectivity index (χ2n) is 3.15. The van der Waals surface area contributed by atoms with E-state index in [1.165, 1.54) is 16.2 Å². The monoisotopic (exact) mass is 236 g/mol. The summed E-state index contributed by atoms with van der Waals surface area (Å²) >= 11 is 1.52. The average molecular weight is 237 g/mol. The van der Waals surface area contributed by atoms with Crippen molar-refractivity contribution in [3.63, 3.8) is 0 Å². The molecule has 1 aromatic rings. The maximum Gasteiger partial charge on any atom is 0.262 e. The van der Waals surface area contributed by atoms with Gasteiger partial charge in [-0.05, 0) is 31.2 Å². The Morgan fingerprint density at radius 3 is 2.69 bits per heavy atom. The quantitative estimate of drug-likeness (QED) is 0.703. The van der Waals surface area contributed by atoms with E-state index in [2.05, 4.69) is 0 Å². The van der Waals surface area contributed by atoms with Gasteiger partial charge < -0.3 is 0 Å². The molecule has 1 aliphatic carbocycles. The molecular formula is C8H9ClO2S2. The highest BCUT2D eigenvalue weighted by Gasteiger charge is 2.22. The van der Waals surface area contributed by atoms with E-state index in [1.54, 1.807) is 5.38 Å². The van der Waals surface area contributed by atoms with Gasteiger partial charge in [0.1, 0.15) is 0 Å². The molecule has 5 heteroatoms. The van der Waals surface area contributed by atoms with Gasteiger partial charge in [0.2, 0.25) is 0 Å². The van der Waals surface area contributed by atoms with Crippen LogP contribution in [0.2, 0.25) is 0 Å². The van der Waals surface area contributed by atoms with E-state index < -0.39 is 9.05 Å². The van der Waals surface area contributed by atoms with Crippen molar-refractivity contribution in [1.29, 1.82) is 0 Å². The van der Waals surface area contributed by atoms with Crippen LogP contribution in [0.15, 0.2) is 10.3 Å². The van der Waals surface area contributed by atoms with Gasteiger partial charge in [-0.2, -0.15) is 0 Å². The highest BCUT2D eigenvalue weighted by atomic mass is 35.7. The zero-order valence-electron chi connectivity index (χ0n) is 6.92. The van der Waals surface area contributed by atoms with Crippen LogP contribution in [0.1, 0.15) is 23.3 Å². The smallest absolute Gasteiger partial charge is 0.207 e. The third-order valence-corrected chi connectivity index (χ3v) is 4.91. The van der Waals surface area contributed by atoms with E-state index in [4.69, 9.17) is 10.7 Å². The lowest BCUT2D eigenvalue weighted by Crippen LogP contribution is -2.02. The predicted molar refractivity (Wildman–Crippen MR) is 54.0 cm³/mol. The van der Waals surface area contributed by atoms with Crippen LogP contribution in [0.3, 0.4) is 0 Å². The van der Waals surface area contributed by atoms with Crippen LogP contribution < -0.4 is 0 Å². The predicted octanol–water partition coefficient (Wildman–Crippen LogP) is 2.55. The summed E-state index contributed by atoms with van der Waals surface area (Å²) in [6.07, 6.45) is 4.10. The Balaban J connectivity index is 2.55.